The molecule has 0 aromatic heterocycles. The molecule has 0 saturated heterocycles. The predicted octanol–water partition coefficient (Wildman–Crippen LogP) is 0.655. The van der Waals surface area contributed by atoms with Gasteiger partial charge in [-0.2, -0.15) is 0 Å². The molecule has 0 radical (unpaired) electrons. The molecule has 1 aliphatic carbocycles. The first-order chi connectivity index (χ1) is 4.20. The molecule has 2 nitrogen and oxygen atoms in total. The highest BCUT2D eigenvalue weighted by molar-refractivity contribution is 6.64. The summed E-state index contributed by atoms with van der Waals surface area (Å²) in [6.07, 6.45) is 4.24. The molecule has 0 heterocycles. The van der Waals surface area contributed by atoms with E-state index in [1.54, 1.807) is 6.08 Å². The normalized spacial score (nSPS) is 33.1. The van der Waals surface area contributed by atoms with Crippen molar-refractivity contribution < 1.29 is 4.79 Å². The van der Waals surface area contributed by atoms with Crippen LogP contribution in [-0.2, 0) is 4.79 Å². The Morgan fingerprint density at radius 3 is 2.56 bits per heavy atom. The van der Waals surface area contributed by atoms with E-state index >= 15 is 0 Å². The summed E-state index contributed by atoms with van der Waals surface area (Å²) in [4.78, 5) is 10.5. The van der Waals surface area contributed by atoms with Gasteiger partial charge in [0.15, 0.2) is 0 Å². The van der Waals surface area contributed by atoms with Gasteiger partial charge < -0.3 is 5.73 Å². The SMILES string of the molecule is NC1C=CC(C(=O)Cl)C1. The molecule has 0 bridgehead atoms. The maximum absolute atomic E-state index is 10.5. The van der Waals surface area contributed by atoms with E-state index in [0.717, 1.165) is 0 Å². The van der Waals surface area contributed by atoms with Crippen LogP contribution < -0.4 is 5.73 Å². The summed E-state index contributed by atoms with van der Waals surface area (Å²) in [5, 5.41) is -0.306. The Morgan fingerprint density at radius 2 is 2.33 bits per heavy atom. The van der Waals surface area contributed by atoms with Crippen molar-refractivity contribution in [1.82, 2.24) is 0 Å². The Morgan fingerprint density at radius 1 is 1.67 bits per heavy atom. The summed E-state index contributed by atoms with van der Waals surface area (Å²) in [6, 6.07) is 0.0256. The van der Waals surface area contributed by atoms with Crippen molar-refractivity contribution in [1.29, 1.82) is 0 Å². The van der Waals surface area contributed by atoms with Gasteiger partial charge in [-0.15, -0.1) is 0 Å². The summed E-state index contributed by atoms with van der Waals surface area (Å²) < 4.78 is 0. The van der Waals surface area contributed by atoms with Crippen LogP contribution in [-0.4, -0.2) is 11.3 Å². The molecule has 1 aliphatic rings. The lowest BCUT2D eigenvalue weighted by molar-refractivity contribution is -0.113. The molecule has 50 valence electrons. The van der Waals surface area contributed by atoms with Crippen LogP contribution >= 0.6 is 11.6 Å². The highest BCUT2D eigenvalue weighted by atomic mass is 35.5. The van der Waals surface area contributed by atoms with E-state index in [9.17, 15) is 4.79 Å². The third-order valence-corrected chi connectivity index (χ3v) is 1.69. The van der Waals surface area contributed by atoms with Gasteiger partial charge in [0.1, 0.15) is 0 Å². The summed E-state index contributed by atoms with van der Waals surface area (Å²) in [7, 11) is 0. The summed E-state index contributed by atoms with van der Waals surface area (Å²) >= 11 is 5.20. The van der Waals surface area contributed by atoms with Crippen LogP contribution in [0, 0.1) is 5.92 Å². The molecule has 2 N–H and O–H groups in total. The van der Waals surface area contributed by atoms with Crippen LogP contribution in [0.15, 0.2) is 12.2 Å². The van der Waals surface area contributed by atoms with E-state index in [4.69, 9.17) is 17.3 Å². The Balaban J connectivity index is 2.50. The first kappa shape index (κ1) is 6.78. The van der Waals surface area contributed by atoms with E-state index < -0.39 is 0 Å². The largest absolute Gasteiger partial charge is 0.324 e. The molecule has 0 amide bonds. The van der Waals surface area contributed by atoms with Crippen molar-refractivity contribution in [3.63, 3.8) is 0 Å². The molecule has 1 rings (SSSR count). The molecule has 3 heteroatoms. The average Bonchev–Trinajstić information content (AvgIpc) is 2.14. The number of hydrogen-bond donors (Lipinski definition) is 1. The van der Waals surface area contributed by atoms with Gasteiger partial charge >= 0.3 is 0 Å². The summed E-state index contributed by atoms with van der Waals surface area (Å²) in [6.45, 7) is 0. The van der Waals surface area contributed by atoms with E-state index in [1.165, 1.54) is 0 Å². The zero-order valence-corrected chi connectivity index (χ0v) is 5.64. The minimum absolute atomic E-state index is 0.0256. The van der Waals surface area contributed by atoms with Crippen molar-refractivity contribution >= 4 is 16.8 Å². The van der Waals surface area contributed by atoms with Gasteiger partial charge in [0, 0.05) is 6.04 Å². The van der Waals surface area contributed by atoms with Crippen LogP contribution in [0.1, 0.15) is 6.42 Å². The maximum atomic E-state index is 10.5. The molecule has 0 fully saturated rings. The minimum Gasteiger partial charge on any atom is -0.324 e. The van der Waals surface area contributed by atoms with Crippen molar-refractivity contribution in [2.45, 2.75) is 12.5 Å². The fourth-order valence-corrected chi connectivity index (χ4v) is 1.06. The van der Waals surface area contributed by atoms with Gasteiger partial charge in [-0.25, -0.2) is 0 Å². The first-order valence-corrected chi connectivity index (χ1v) is 3.21. The number of carbonyl (C=O) groups is 1. The molecule has 2 unspecified atom stereocenters. The molecular weight excluding hydrogens is 138 g/mol. The summed E-state index contributed by atoms with van der Waals surface area (Å²) in [5.74, 6) is -0.137. The lowest BCUT2D eigenvalue weighted by atomic mass is 10.1. The van der Waals surface area contributed by atoms with Gasteiger partial charge in [-0.1, -0.05) is 12.2 Å². The van der Waals surface area contributed by atoms with Crippen LogP contribution in [0.4, 0.5) is 0 Å². The number of halogens is 1. The Hall–Kier alpha value is -0.340. The second kappa shape index (κ2) is 2.50. The van der Waals surface area contributed by atoms with Crippen molar-refractivity contribution in [3.8, 4) is 0 Å². The highest BCUT2D eigenvalue weighted by Gasteiger charge is 2.20. The number of carbonyl (C=O) groups excluding carboxylic acids is 1. The Kier molecular flexibility index (Phi) is 1.88. The third-order valence-electron chi connectivity index (χ3n) is 1.41. The van der Waals surface area contributed by atoms with Gasteiger partial charge in [0.05, 0.1) is 5.92 Å². The quantitative estimate of drug-likeness (QED) is 0.435. The zero-order chi connectivity index (χ0) is 6.85. The van der Waals surface area contributed by atoms with Crippen LogP contribution in [0.25, 0.3) is 0 Å². The number of hydrogen-bond acceptors (Lipinski definition) is 2. The smallest absolute Gasteiger partial charge is 0.228 e. The second-order valence-electron chi connectivity index (χ2n) is 2.20. The Labute approximate surface area is 58.7 Å². The zero-order valence-electron chi connectivity index (χ0n) is 4.88. The molecule has 0 aromatic carbocycles. The summed E-state index contributed by atoms with van der Waals surface area (Å²) in [5.41, 5.74) is 5.47. The van der Waals surface area contributed by atoms with Gasteiger partial charge in [-0.3, -0.25) is 4.79 Å². The van der Waals surface area contributed by atoms with Gasteiger partial charge in [0.2, 0.25) is 5.24 Å². The molecule has 0 spiro atoms. The molecule has 9 heavy (non-hydrogen) atoms. The molecule has 0 aliphatic heterocycles. The topological polar surface area (TPSA) is 43.1 Å². The number of allylic oxidation sites excluding steroid dienone is 1. The first-order valence-electron chi connectivity index (χ1n) is 2.83. The molecule has 0 saturated carbocycles. The number of nitrogens with two attached hydrogens (primary N) is 1. The van der Waals surface area contributed by atoms with E-state index in [0.29, 0.717) is 6.42 Å². The van der Waals surface area contributed by atoms with Gasteiger partial charge in [0.25, 0.3) is 0 Å². The second-order valence-corrected chi connectivity index (χ2v) is 2.57. The monoisotopic (exact) mass is 145 g/mol. The third kappa shape index (κ3) is 1.53. The predicted molar refractivity (Wildman–Crippen MR) is 36.1 cm³/mol. The molecule has 2 atom stereocenters. The van der Waals surface area contributed by atoms with Crippen molar-refractivity contribution in [3.05, 3.63) is 12.2 Å². The minimum atomic E-state index is -0.306. The number of rotatable bonds is 1. The van der Waals surface area contributed by atoms with E-state index in [2.05, 4.69) is 0 Å². The van der Waals surface area contributed by atoms with Crippen LogP contribution in [0.5, 0.6) is 0 Å². The lowest BCUT2D eigenvalue weighted by Gasteiger charge is -2.00. The average molecular weight is 146 g/mol. The lowest BCUT2D eigenvalue weighted by Crippen LogP contribution is -2.16. The highest BCUT2D eigenvalue weighted by Crippen LogP contribution is 2.18. The molecule has 0 aromatic rings. The fraction of sp³-hybridized carbons (Fsp3) is 0.500. The van der Waals surface area contributed by atoms with Crippen LogP contribution in [0.3, 0.4) is 0 Å². The Bertz CT molecular complexity index is 155. The standard InChI is InChI=1S/C6H8ClNO/c7-6(9)4-1-2-5(8)3-4/h1-2,4-5H,3,8H2. The van der Waals surface area contributed by atoms with Gasteiger partial charge in [-0.05, 0) is 18.0 Å². The van der Waals surface area contributed by atoms with Crippen molar-refractivity contribution in [2.24, 2.45) is 11.7 Å². The van der Waals surface area contributed by atoms with E-state index in [-0.39, 0.29) is 17.2 Å². The van der Waals surface area contributed by atoms with Crippen molar-refractivity contribution in [2.75, 3.05) is 0 Å². The van der Waals surface area contributed by atoms with E-state index in [1.807, 2.05) is 6.08 Å². The maximum Gasteiger partial charge on any atom is 0.228 e. The van der Waals surface area contributed by atoms with Crippen LogP contribution in [0.2, 0.25) is 0 Å². The molecular formula is C6H8ClNO. The fourth-order valence-electron chi connectivity index (χ4n) is 0.896.